The van der Waals surface area contributed by atoms with E-state index >= 15 is 0 Å². The molecule has 1 unspecified atom stereocenters. The first-order chi connectivity index (χ1) is 6.33. The summed E-state index contributed by atoms with van der Waals surface area (Å²) in [6.45, 7) is 10.3. The summed E-state index contributed by atoms with van der Waals surface area (Å²) in [6, 6.07) is 0. The molecule has 1 atom stereocenters. The molecule has 0 radical (unpaired) electrons. The molecule has 3 nitrogen and oxygen atoms in total. The van der Waals surface area contributed by atoms with E-state index in [2.05, 4.69) is 32.6 Å². The number of nitrogens with zero attached hydrogens (tertiary/aromatic N) is 1. The van der Waals surface area contributed by atoms with Crippen LogP contribution in [0.1, 0.15) is 34.1 Å². The Morgan fingerprint density at radius 3 is 2.50 bits per heavy atom. The summed E-state index contributed by atoms with van der Waals surface area (Å²) in [5, 5.41) is 8.97. The van der Waals surface area contributed by atoms with Gasteiger partial charge in [-0.15, -0.1) is 0 Å². The Labute approximate surface area is 86.1 Å². The van der Waals surface area contributed by atoms with Crippen LogP contribution in [0.15, 0.2) is 0 Å². The Morgan fingerprint density at radius 2 is 2.14 bits per heavy atom. The van der Waals surface area contributed by atoms with Crippen LogP contribution in [-0.4, -0.2) is 34.6 Å². The van der Waals surface area contributed by atoms with Crippen molar-refractivity contribution in [3.8, 4) is 0 Å². The van der Waals surface area contributed by atoms with Crippen LogP contribution >= 0.6 is 0 Å². The predicted octanol–water partition coefficient (Wildman–Crippen LogP) is 1.83. The summed E-state index contributed by atoms with van der Waals surface area (Å²) < 4.78 is 0. The van der Waals surface area contributed by atoms with Gasteiger partial charge in [0.2, 0.25) is 0 Å². The van der Waals surface area contributed by atoms with Crippen LogP contribution in [0.2, 0.25) is 0 Å². The van der Waals surface area contributed by atoms with Crippen molar-refractivity contribution in [2.24, 2.45) is 11.8 Å². The number of carbonyl (C=O) groups is 1. The zero-order valence-corrected chi connectivity index (χ0v) is 9.58. The van der Waals surface area contributed by atoms with Gasteiger partial charge in [-0.1, -0.05) is 13.8 Å². The van der Waals surface area contributed by atoms with Crippen LogP contribution in [-0.2, 0) is 4.79 Å². The number of carboxylic acids is 1. The lowest BCUT2D eigenvalue weighted by molar-refractivity contribution is -0.141. The van der Waals surface area contributed by atoms with Crippen molar-refractivity contribution in [3.63, 3.8) is 0 Å². The van der Waals surface area contributed by atoms with E-state index in [1.807, 2.05) is 0 Å². The van der Waals surface area contributed by atoms with Crippen molar-refractivity contribution in [1.82, 2.24) is 4.90 Å². The highest BCUT2D eigenvalue weighted by molar-refractivity contribution is 5.70. The maximum absolute atomic E-state index is 10.9. The fourth-order valence-electron chi connectivity index (χ4n) is 2.24. The Balaban J connectivity index is 2.64. The molecular weight excluding hydrogens is 178 g/mol. The lowest BCUT2D eigenvalue weighted by Crippen LogP contribution is -2.40. The molecule has 0 aromatic carbocycles. The van der Waals surface area contributed by atoms with E-state index in [0.717, 1.165) is 13.0 Å². The van der Waals surface area contributed by atoms with Gasteiger partial charge in [0.05, 0.1) is 5.92 Å². The minimum Gasteiger partial charge on any atom is -0.481 e. The van der Waals surface area contributed by atoms with Gasteiger partial charge < -0.3 is 5.11 Å². The van der Waals surface area contributed by atoms with Crippen LogP contribution in [0.25, 0.3) is 0 Å². The van der Waals surface area contributed by atoms with Crippen molar-refractivity contribution in [2.75, 3.05) is 13.1 Å². The summed E-state index contributed by atoms with van der Waals surface area (Å²) in [7, 11) is 0. The third-order valence-electron chi connectivity index (χ3n) is 2.98. The topological polar surface area (TPSA) is 40.5 Å². The van der Waals surface area contributed by atoms with E-state index in [1.165, 1.54) is 0 Å². The highest BCUT2D eigenvalue weighted by Gasteiger charge is 2.41. The SMILES string of the molecule is CC(C)CN1CC(C(=O)O)CC1(C)C. The molecule has 0 bridgehead atoms. The number of hydrogen-bond acceptors (Lipinski definition) is 2. The second kappa shape index (κ2) is 3.89. The standard InChI is InChI=1S/C11H21NO2/c1-8(2)6-12-7-9(10(13)14)5-11(12,3)4/h8-9H,5-7H2,1-4H3,(H,13,14). The molecule has 82 valence electrons. The zero-order valence-electron chi connectivity index (χ0n) is 9.58. The summed E-state index contributed by atoms with van der Waals surface area (Å²) in [5.74, 6) is -0.227. The van der Waals surface area contributed by atoms with Crippen molar-refractivity contribution in [2.45, 2.75) is 39.7 Å². The maximum Gasteiger partial charge on any atom is 0.307 e. The molecule has 1 rings (SSSR count). The summed E-state index contributed by atoms with van der Waals surface area (Å²) in [6.07, 6.45) is 0.773. The molecule has 0 aromatic rings. The van der Waals surface area contributed by atoms with Gasteiger partial charge in [-0.25, -0.2) is 0 Å². The lowest BCUT2D eigenvalue weighted by Gasteiger charge is -2.32. The molecule has 1 aliphatic rings. The first-order valence-corrected chi connectivity index (χ1v) is 5.31. The molecule has 0 amide bonds. The minimum absolute atomic E-state index is 0.0489. The molecule has 0 aliphatic carbocycles. The molecule has 0 spiro atoms. The van der Waals surface area contributed by atoms with Crippen molar-refractivity contribution < 1.29 is 9.90 Å². The van der Waals surface area contributed by atoms with Gasteiger partial charge in [-0.2, -0.15) is 0 Å². The van der Waals surface area contributed by atoms with Gasteiger partial charge in [-0.05, 0) is 26.2 Å². The Bertz CT molecular complexity index is 223. The monoisotopic (exact) mass is 199 g/mol. The smallest absolute Gasteiger partial charge is 0.307 e. The van der Waals surface area contributed by atoms with Crippen LogP contribution in [0.5, 0.6) is 0 Å². The summed E-state index contributed by atoms with van der Waals surface area (Å²) >= 11 is 0. The van der Waals surface area contributed by atoms with Crippen LogP contribution in [0.4, 0.5) is 0 Å². The summed E-state index contributed by atoms with van der Waals surface area (Å²) in [4.78, 5) is 13.2. The molecule has 1 fully saturated rings. The van der Waals surface area contributed by atoms with E-state index < -0.39 is 5.97 Å². The minimum atomic E-state index is -0.649. The summed E-state index contributed by atoms with van der Waals surface area (Å²) in [5.41, 5.74) is 0.0489. The van der Waals surface area contributed by atoms with Crippen molar-refractivity contribution in [1.29, 1.82) is 0 Å². The van der Waals surface area contributed by atoms with Crippen molar-refractivity contribution in [3.05, 3.63) is 0 Å². The van der Waals surface area contributed by atoms with E-state index in [9.17, 15) is 4.79 Å². The van der Waals surface area contributed by atoms with Gasteiger partial charge in [0.1, 0.15) is 0 Å². The highest BCUT2D eigenvalue weighted by Crippen LogP contribution is 2.33. The average Bonchev–Trinajstić information content (AvgIpc) is 2.26. The van der Waals surface area contributed by atoms with E-state index in [0.29, 0.717) is 12.5 Å². The zero-order chi connectivity index (χ0) is 10.9. The molecule has 0 saturated carbocycles. The maximum atomic E-state index is 10.9. The molecule has 1 saturated heterocycles. The molecule has 1 heterocycles. The van der Waals surface area contributed by atoms with Gasteiger partial charge >= 0.3 is 5.97 Å². The fourth-order valence-corrected chi connectivity index (χ4v) is 2.24. The largest absolute Gasteiger partial charge is 0.481 e. The second-order valence-electron chi connectivity index (χ2n) is 5.35. The second-order valence-corrected chi connectivity index (χ2v) is 5.35. The number of aliphatic carboxylic acids is 1. The lowest BCUT2D eigenvalue weighted by atomic mass is 9.96. The van der Waals surface area contributed by atoms with Gasteiger partial charge in [0.15, 0.2) is 0 Å². The average molecular weight is 199 g/mol. The van der Waals surface area contributed by atoms with Gasteiger partial charge in [0.25, 0.3) is 0 Å². The normalized spacial score (nSPS) is 27.1. The molecule has 3 heteroatoms. The van der Waals surface area contributed by atoms with Crippen molar-refractivity contribution >= 4 is 5.97 Å². The Hall–Kier alpha value is -0.570. The van der Waals surface area contributed by atoms with Gasteiger partial charge in [-0.3, -0.25) is 9.69 Å². The molecule has 1 aliphatic heterocycles. The van der Waals surface area contributed by atoms with Crippen LogP contribution in [0, 0.1) is 11.8 Å². The number of hydrogen-bond donors (Lipinski definition) is 1. The van der Waals surface area contributed by atoms with Crippen LogP contribution < -0.4 is 0 Å². The molecule has 14 heavy (non-hydrogen) atoms. The third-order valence-corrected chi connectivity index (χ3v) is 2.98. The third kappa shape index (κ3) is 2.47. The molecule has 1 N–H and O–H groups in total. The van der Waals surface area contributed by atoms with Crippen LogP contribution in [0.3, 0.4) is 0 Å². The fraction of sp³-hybridized carbons (Fsp3) is 0.909. The number of rotatable bonds is 3. The predicted molar refractivity (Wildman–Crippen MR) is 56.2 cm³/mol. The van der Waals surface area contributed by atoms with E-state index in [4.69, 9.17) is 5.11 Å². The molecule has 0 aromatic heterocycles. The van der Waals surface area contributed by atoms with E-state index in [1.54, 1.807) is 0 Å². The Kier molecular flexibility index (Phi) is 3.20. The first kappa shape index (κ1) is 11.5. The molecular formula is C11H21NO2. The van der Waals surface area contributed by atoms with Gasteiger partial charge in [0, 0.05) is 18.6 Å². The van der Waals surface area contributed by atoms with E-state index in [-0.39, 0.29) is 11.5 Å². The highest BCUT2D eigenvalue weighted by atomic mass is 16.4. The number of carboxylic acid groups (broad SMARTS) is 1. The Morgan fingerprint density at radius 1 is 1.57 bits per heavy atom. The first-order valence-electron chi connectivity index (χ1n) is 5.31. The number of likely N-dealkylation sites (tertiary alicyclic amines) is 1. The quantitative estimate of drug-likeness (QED) is 0.754.